The van der Waals surface area contributed by atoms with Crippen molar-refractivity contribution >= 4 is 5.69 Å². The smallest absolute Gasteiger partial charge is 0.146 e. The van der Waals surface area contributed by atoms with Gasteiger partial charge < -0.3 is 5.32 Å². The van der Waals surface area contributed by atoms with Crippen LogP contribution in [0.1, 0.15) is 26.3 Å². The Kier molecular flexibility index (Phi) is 2.79. The van der Waals surface area contributed by atoms with Gasteiger partial charge in [0.05, 0.1) is 5.69 Å². The number of halogens is 2. The molecule has 0 bridgehead atoms. The summed E-state index contributed by atoms with van der Waals surface area (Å²) in [7, 11) is 1.56. The van der Waals surface area contributed by atoms with Gasteiger partial charge in [-0.05, 0) is 17.0 Å². The topological polar surface area (TPSA) is 12.0 Å². The molecule has 0 fully saturated rings. The molecule has 0 atom stereocenters. The predicted octanol–water partition coefficient (Wildman–Crippen LogP) is 3.30. The third kappa shape index (κ3) is 2.03. The minimum atomic E-state index is -0.418. The molecule has 0 aliphatic carbocycles. The van der Waals surface area contributed by atoms with Gasteiger partial charge in [-0.25, -0.2) is 8.78 Å². The van der Waals surface area contributed by atoms with E-state index in [1.165, 1.54) is 12.1 Å². The van der Waals surface area contributed by atoms with Gasteiger partial charge in [-0.2, -0.15) is 0 Å². The maximum Gasteiger partial charge on any atom is 0.146 e. The van der Waals surface area contributed by atoms with E-state index in [0.29, 0.717) is 5.56 Å². The molecule has 1 rings (SSSR count). The first-order valence-corrected chi connectivity index (χ1v) is 4.53. The van der Waals surface area contributed by atoms with Crippen LogP contribution in [0.15, 0.2) is 12.1 Å². The third-order valence-electron chi connectivity index (χ3n) is 2.13. The number of nitrogens with one attached hydrogen (secondary N) is 1. The summed E-state index contributed by atoms with van der Waals surface area (Å²) in [5.74, 6) is -0.790. The molecule has 14 heavy (non-hydrogen) atoms. The zero-order chi connectivity index (χ0) is 10.9. The summed E-state index contributed by atoms with van der Waals surface area (Å²) in [5, 5.41) is 2.60. The molecule has 78 valence electrons. The lowest BCUT2D eigenvalue weighted by molar-refractivity contribution is 0.513. The molecule has 1 N–H and O–H groups in total. The molecule has 0 amide bonds. The quantitative estimate of drug-likeness (QED) is 0.731. The second kappa shape index (κ2) is 3.56. The standard InChI is InChI=1S/C11H15F2N/c1-11(2,3)7-5-9(13)10(14-4)6-8(7)12/h5-6,14H,1-4H3. The highest BCUT2D eigenvalue weighted by Gasteiger charge is 2.20. The molecule has 0 unspecified atom stereocenters. The van der Waals surface area contributed by atoms with Gasteiger partial charge in [0.25, 0.3) is 0 Å². The van der Waals surface area contributed by atoms with Crippen molar-refractivity contribution in [3.63, 3.8) is 0 Å². The average Bonchev–Trinajstić information content (AvgIpc) is 2.06. The fraction of sp³-hybridized carbons (Fsp3) is 0.455. The van der Waals surface area contributed by atoms with Crippen LogP contribution < -0.4 is 5.32 Å². The Labute approximate surface area is 83.1 Å². The van der Waals surface area contributed by atoms with Gasteiger partial charge in [0, 0.05) is 13.1 Å². The monoisotopic (exact) mass is 199 g/mol. The summed E-state index contributed by atoms with van der Waals surface area (Å²) in [6, 6.07) is 2.44. The van der Waals surface area contributed by atoms with Crippen molar-refractivity contribution in [1.82, 2.24) is 0 Å². The predicted molar refractivity (Wildman–Crippen MR) is 54.6 cm³/mol. The van der Waals surface area contributed by atoms with Gasteiger partial charge in [-0.1, -0.05) is 20.8 Å². The number of rotatable bonds is 1. The normalized spacial score (nSPS) is 11.6. The van der Waals surface area contributed by atoms with E-state index in [-0.39, 0.29) is 16.9 Å². The summed E-state index contributed by atoms with van der Waals surface area (Å²) in [5.41, 5.74) is 0.210. The largest absolute Gasteiger partial charge is 0.386 e. The zero-order valence-corrected chi connectivity index (χ0v) is 8.91. The highest BCUT2D eigenvalue weighted by molar-refractivity contribution is 5.47. The number of hydrogen-bond donors (Lipinski definition) is 1. The molecule has 0 aliphatic rings. The lowest BCUT2D eigenvalue weighted by Gasteiger charge is -2.20. The Hall–Kier alpha value is -1.12. The van der Waals surface area contributed by atoms with Crippen LogP contribution in [0.2, 0.25) is 0 Å². The second-order valence-electron chi connectivity index (χ2n) is 4.31. The van der Waals surface area contributed by atoms with Gasteiger partial charge in [0.2, 0.25) is 0 Å². The molecule has 0 spiro atoms. The van der Waals surface area contributed by atoms with Crippen LogP contribution in [-0.2, 0) is 5.41 Å². The first-order chi connectivity index (χ1) is 6.36. The zero-order valence-electron chi connectivity index (χ0n) is 8.91. The van der Waals surface area contributed by atoms with Crippen LogP contribution in [0.4, 0.5) is 14.5 Å². The Bertz CT molecular complexity index is 340. The van der Waals surface area contributed by atoms with Gasteiger partial charge in [-0.3, -0.25) is 0 Å². The van der Waals surface area contributed by atoms with Crippen LogP contribution >= 0.6 is 0 Å². The Balaban J connectivity index is 3.29. The molecule has 3 heteroatoms. The lowest BCUT2D eigenvalue weighted by Crippen LogP contribution is -2.14. The van der Waals surface area contributed by atoms with E-state index in [4.69, 9.17) is 0 Å². The molecule has 0 saturated heterocycles. The third-order valence-corrected chi connectivity index (χ3v) is 2.13. The molecule has 0 aromatic heterocycles. The van der Waals surface area contributed by atoms with Crippen molar-refractivity contribution in [2.24, 2.45) is 0 Å². The van der Waals surface area contributed by atoms with Crippen LogP contribution in [-0.4, -0.2) is 7.05 Å². The van der Waals surface area contributed by atoms with E-state index in [1.807, 2.05) is 20.8 Å². The molecular weight excluding hydrogens is 184 g/mol. The van der Waals surface area contributed by atoms with E-state index >= 15 is 0 Å². The van der Waals surface area contributed by atoms with Crippen molar-refractivity contribution in [3.05, 3.63) is 29.3 Å². The molecule has 0 saturated carbocycles. The number of hydrogen-bond acceptors (Lipinski definition) is 1. The minimum Gasteiger partial charge on any atom is -0.386 e. The molecule has 0 aliphatic heterocycles. The fourth-order valence-corrected chi connectivity index (χ4v) is 1.31. The van der Waals surface area contributed by atoms with Crippen LogP contribution in [0.5, 0.6) is 0 Å². The van der Waals surface area contributed by atoms with Gasteiger partial charge in [0.15, 0.2) is 0 Å². The second-order valence-corrected chi connectivity index (χ2v) is 4.31. The number of anilines is 1. The van der Waals surface area contributed by atoms with Crippen LogP contribution in [0.3, 0.4) is 0 Å². The average molecular weight is 199 g/mol. The SMILES string of the molecule is CNc1cc(F)c(C(C)(C)C)cc1F. The summed E-state index contributed by atoms with van der Waals surface area (Å²) >= 11 is 0. The molecule has 1 nitrogen and oxygen atoms in total. The molecular formula is C11H15F2N. The maximum atomic E-state index is 13.5. The molecule has 0 heterocycles. The van der Waals surface area contributed by atoms with Crippen molar-refractivity contribution in [2.75, 3.05) is 12.4 Å². The Morgan fingerprint density at radius 1 is 1.07 bits per heavy atom. The van der Waals surface area contributed by atoms with Crippen molar-refractivity contribution in [2.45, 2.75) is 26.2 Å². The first kappa shape index (κ1) is 11.0. The highest BCUT2D eigenvalue weighted by atomic mass is 19.1. The summed E-state index contributed by atoms with van der Waals surface area (Å²) in [6.07, 6.45) is 0. The van der Waals surface area contributed by atoms with E-state index in [0.717, 1.165) is 0 Å². The Morgan fingerprint density at radius 3 is 2.07 bits per heavy atom. The summed E-state index contributed by atoms with van der Waals surface area (Å²) in [4.78, 5) is 0. The van der Waals surface area contributed by atoms with Crippen molar-refractivity contribution < 1.29 is 8.78 Å². The number of benzene rings is 1. The fourth-order valence-electron chi connectivity index (χ4n) is 1.31. The van der Waals surface area contributed by atoms with Crippen molar-refractivity contribution in [3.8, 4) is 0 Å². The summed E-state index contributed by atoms with van der Waals surface area (Å²) < 4.78 is 26.8. The molecule has 0 radical (unpaired) electrons. The van der Waals surface area contributed by atoms with Gasteiger partial charge >= 0.3 is 0 Å². The Morgan fingerprint density at radius 2 is 1.64 bits per heavy atom. The minimum absolute atomic E-state index is 0.190. The lowest BCUT2D eigenvalue weighted by atomic mass is 9.86. The van der Waals surface area contributed by atoms with Crippen LogP contribution in [0, 0.1) is 11.6 Å². The van der Waals surface area contributed by atoms with E-state index in [2.05, 4.69) is 5.32 Å². The van der Waals surface area contributed by atoms with Crippen LogP contribution in [0.25, 0.3) is 0 Å². The highest BCUT2D eigenvalue weighted by Crippen LogP contribution is 2.28. The molecule has 1 aromatic rings. The van der Waals surface area contributed by atoms with E-state index in [1.54, 1.807) is 7.05 Å². The van der Waals surface area contributed by atoms with E-state index in [9.17, 15) is 8.78 Å². The van der Waals surface area contributed by atoms with E-state index < -0.39 is 5.82 Å². The first-order valence-electron chi connectivity index (χ1n) is 4.53. The maximum absolute atomic E-state index is 13.5. The molecule has 1 aromatic carbocycles. The van der Waals surface area contributed by atoms with Crippen molar-refractivity contribution in [1.29, 1.82) is 0 Å². The summed E-state index contributed by atoms with van der Waals surface area (Å²) in [6.45, 7) is 5.55. The van der Waals surface area contributed by atoms with Gasteiger partial charge in [0.1, 0.15) is 11.6 Å². The van der Waals surface area contributed by atoms with Gasteiger partial charge in [-0.15, -0.1) is 0 Å².